The summed E-state index contributed by atoms with van der Waals surface area (Å²) >= 11 is 5.53. The number of rotatable bonds is 4. The van der Waals surface area contributed by atoms with Crippen molar-refractivity contribution >= 4 is 11.6 Å². The normalized spacial score (nSPS) is 9.70. The Kier molecular flexibility index (Phi) is 5.46. The lowest BCUT2D eigenvalue weighted by Crippen LogP contribution is -2.03. The van der Waals surface area contributed by atoms with Crippen molar-refractivity contribution in [3.8, 4) is 17.6 Å². The fraction of sp³-hybridized carbons (Fsp3) is 0.176. The Morgan fingerprint density at radius 2 is 1.90 bits per heavy atom. The van der Waals surface area contributed by atoms with Crippen LogP contribution in [0, 0.1) is 17.7 Å². The van der Waals surface area contributed by atoms with E-state index in [4.69, 9.17) is 16.3 Å². The van der Waals surface area contributed by atoms with Crippen LogP contribution in [0.5, 0.6) is 5.75 Å². The molecule has 0 saturated heterocycles. The number of ether oxygens (including phenoxy) is 1. The first kappa shape index (κ1) is 14.4. The Labute approximate surface area is 123 Å². The average molecular weight is 289 g/mol. The van der Waals surface area contributed by atoms with Gasteiger partial charge in [0.15, 0.2) is 0 Å². The van der Waals surface area contributed by atoms with Gasteiger partial charge in [0, 0.05) is 12.5 Å². The molecule has 2 rings (SSSR count). The Bertz CT molecular complexity index is 614. The molecule has 0 aliphatic heterocycles. The maximum Gasteiger partial charge on any atom is 0.137 e. The van der Waals surface area contributed by atoms with Crippen LogP contribution in [0.2, 0.25) is 0 Å². The second-order valence-electron chi connectivity index (χ2n) is 4.16. The molecule has 2 aromatic carbocycles. The maximum atomic E-state index is 13.3. The molecule has 0 fully saturated rings. The van der Waals surface area contributed by atoms with E-state index in [2.05, 4.69) is 11.8 Å². The molecule has 102 valence electrons. The predicted molar refractivity (Wildman–Crippen MR) is 79.6 cm³/mol. The first-order valence-electron chi connectivity index (χ1n) is 6.30. The lowest BCUT2D eigenvalue weighted by atomic mass is 10.1. The van der Waals surface area contributed by atoms with Gasteiger partial charge in [-0.1, -0.05) is 42.2 Å². The van der Waals surface area contributed by atoms with Gasteiger partial charge in [0.1, 0.15) is 11.6 Å². The van der Waals surface area contributed by atoms with Crippen molar-refractivity contribution in [1.82, 2.24) is 0 Å². The van der Waals surface area contributed by atoms with Crippen molar-refractivity contribution in [2.24, 2.45) is 0 Å². The van der Waals surface area contributed by atoms with Gasteiger partial charge >= 0.3 is 0 Å². The zero-order valence-electron chi connectivity index (χ0n) is 10.9. The molecule has 0 atom stereocenters. The molecule has 0 unspecified atom stereocenters. The number of hydrogen-bond acceptors (Lipinski definition) is 1. The second-order valence-corrected chi connectivity index (χ2v) is 4.43. The van der Waals surface area contributed by atoms with Gasteiger partial charge in [0.25, 0.3) is 0 Å². The van der Waals surface area contributed by atoms with Gasteiger partial charge in [-0.15, -0.1) is 11.6 Å². The summed E-state index contributed by atoms with van der Waals surface area (Å²) in [6.07, 6.45) is 0.764. The largest absolute Gasteiger partial charge is 0.492 e. The molecular weight excluding hydrogens is 275 g/mol. The highest BCUT2D eigenvalue weighted by Gasteiger charge is 2.03. The van der Waals surface area contributed by atoms with Crippen molar-refractivity contribution < 1.29 is 9.13 Å². The molecular formula is C17H14ClFO. The third-order valence-corrected chi connectivity index (χ3v) is 2.86. The molecule has 1 nitrogen and oxygen atoms in total. The molecule has 0 aliphatic rings. The van der Waals surface area contributed by atoms with Crippen LogP contribution < -0.4 is 4.74 Å². The van der Waals surface area contributed by atoms with Gasteiger partial charge in [0.2, 0.25) is 0 Å². The zero-order chi connectivity index (χ0) is 14.2. The predicted octanol–water partition coefficient (Wildman–Crippen LogP) is 4.04. The van der Waals surface area contributed by atoms with Crippen LogP contribution >= 0.6 is 11.6 Å². The summed E-state index contributed by atoms with van der Waals surface area (Å²) in [5.41, 5.74) is 1.83. The Hall–Kier alpha value is -1.98. The van der Waals surface area contributed by atoms with Gasteiger partial charge in [0.05, 0.1) is 18.1 Å². The molecule has 0 spiro atoms. The van der Waals surface area contributed by atoms with Gasteiger partial charge in [-0.3, -0.25) is 0 Å². The number of halogens is 2. The molecule has 3 heteroatoms. The Balaban J connectivity index is 2.03. The molecule has 0 radical (unpaired) electrons. The average Bonchev–Trinajstić information content (AvgIpc) is 2.47. The molecule has 0 aromatic heterocycles. The number of hydrogen-bond donors (Lipinski definition) is 0. The van der Waals surface area contributed by atoms with Crippen LogP contribution in [0.1, 0.15) is 11.1 Å². The SMILES string of the molecule is Fc1ccc(C#CCCl)c(OCCc2ccccc2)c1. The molecule has 20 heavy (non-hydrogen) atoms. The van der Waals surface area contributed by atoms with E-state index in [1.165, 1.54) is 17.7 Å². The highest BCUT2D eigenvalue weighted by Crippen LogP contribution is 2.19. The summed E-state index contributed by atoms with van der Waals surface area (Å²) in [7, 11) is 0. The minimum Gasteiger partial charge on any atom is -0.492 e. The zero-order valence-corrected chi connectivity index (χ0v) is 11.7. The smallest absolute Gasteiger partial charge is 0.137 e. The van der Waals surface area contributed by atoms with Gasteiger partial charge in [-0.05, 0) is 17.7 Å². The topological polar surface area (TPSA) is 9.23 Å². The summed E-state index contributed by atoms with van der Waals surface area (Å²) in [5, 5.41) is 0. The van der Waals surface area contributed by atoms with E-state index >= 15 is 0 Å². The summed E-state index contributed by atoms with van der Waals surface area (Å²) in [6.45, 7) is 0.475. The number of benzene rings is 2. The van der Waals surface area contributed by atoms with Crippen molar-refractivity contribution in [3.05, 3.63) is 65.5 Å². The highest BCUT2D eigenvalue weighted by atomic mass is 35.5. The van der Waals surface area contributed by atoms with Crippen LogP contribution in [0.15, 0.2) is 48.5 Å². The minimum absolute atomic E-state index is 0.237. The van der Waals surface area contributed by atoms with Crippen LogP contribution in [-0.2, 0) is 6.42 Å². The van der Waals surface area contributed by atoms with Crippen LogP contribution in [0.25, 0.3) is 0 Å². The molecule has 0 amide bonds. The van der Waals surface area contributed by atoms with E-state index in [0.717, 1.165) is 6.42 Å². The van der Waals surface area contributed by atoms with Gasteiger partial charge in [-0.25, -0.2) is 4.39 Å². The van der Waals surface area contributed by atoms with E-state index < -0.39 is 0 Å². The standard InChI is InChI=1S/C17H14ClFO/c18-11-4-7-15-8-9-16(19)13-17(15)20-12-10-14-5-2-1-3-6-14/h1-3,5-6,8-9,13H,10-12H2. The quantitative estimate of drug-likeness (QED) is 0.609. The maximum absolute atomic E-state index is 13.3. The van der Waals surface area contributed by atoms with E-state index in [-0.39, 0.29) is 11.7 Å². The molecule has 0 saturated carbocycles. The fourth-order valence-electron chi connectivity index (χ4n) is 1.77. The van der Waals surface area contributed by atoms with Gasteiger partial charge < -0.3 is 4.74 Å². The van der Waals surface area contributed by atoms with Crippen molar-refractivity contribution in [2.75, 3.05) is 12.5 Å². The second kappa shape index (κ2) is 7.57. The summed E-state index contributed by atoms with van der Waals surface area (Å²) in [5.74, 6) is 5.97. The fourth-order valence-corrected chi connectivity index (χ4v) is 1.84. The van der Waals surface area contributed by atoms with Crippen molar-refractivity contribution in [3.63, 3.8) is 0 Å². The molecule has 0 aliphatic carbocycles. The van der Waals surface area contributed by atoms with E-state index in [0.29, 0.717) is 17.9 Å². The molecule has 0 N–H and O–H groups in total. The number of alkyl halides is 1. The van der Waals surface area contributed by atoms with E-state index in [1.54, 1.807) is 6.07 Å². The third-order valence-electron chi connectivity index (χ3n) is 2.72. The first-order chi connectivity index (χ1) is 9.79. The van der Waals surface area contributed by atoms with E-state index in [1.807, 2.05) is 30.3 Å². The molecule has 2 aromatic rings. The van der Waals surface area contributed by atoms with Crippen LogP contribution in [0.3, 0.4) is 0 Å². The summed E-state index contributed by atoms with van der Waals surface area (Å²) in [4.78, 5) is 0. The third kappa shape index (κ3) is 4.29. The molecule has 0 heterocycles. The van der Waals surface area contributed by atoms with E-state index in [9.17, 15) is 4.39 Å². The van der Waals surface area contributed by atoms with Gasteiger partial charge in [-0.2, -0.15) is 0 Å². The molecule has 0 bridgehead atoms. The summed E-state index contributed by atoms with van der Waals surface area (Å²) in [6, 6.07) is 14.3. The summed E-state index contributed by atoms with van der Waals surface area (Å²) < 4.78 is 18.9. The van der Waals surface area contributed by atoms with Crippen molar-refractivity contribution in [2.45, 2.75) is 6.42 Å². The van der Waals surface area contributed by atoms with Crippen LogP contribution in [0.4, 0.5) is 4.39 Å². The Morgan fingerprint density at radius 3 is 2.65 bits per heavy atom. The Morgan fingerprint density at radius 1 is 1.10 bits per heavy atom. The van der Waals surface area contributed by atoms with Crippen LogP contribution in [-0.4, -0.2) is 12.5 Å². The minimum atomic E-state index is -0.337. The lowest BCUT2D eigenvalue weighted by molar-refractivity contribution is 0.319. The first-order valence-corrected chi connectivity index (χ1v) is 6.84. The highest BCUT2D eigenvalue weighted by molar-refractivity contribution is 6.19. The monoisotopic (exact) mass is 288 g/mol. The van der Waals surface area contributed by atoms with Crippen molar-refractivity contribution in [1.29, 1.82) is 0 Å². The lowest BCUT2D eigenvalue weighted by Gasteiger charge is -2.08.